The molecule has 5 nitrogen and oxygen atoms in total. The zero-order valence-corrected chi connectivity index (χ0v) is 13.5. The van der Waals surface area contributed by atoms with Crippen LogP contribution in [0.3, 0.4) is 0 Å². The van der Waals surface area contributed by atoms with Gasteiger partial charge in [0.2, 0.25) is 11.8 Å². The number of halogens is 3. The number of aryl methyl sites for hydroxylation is 1. The van der Waals surface area contributed by atoms with Gasteiger partial charge in [0.15, 0.2) is 0 Å². The van der Waals surface area contributed by atoms with Crippen LogP contribution in [0.1, 0.15) is 42.5 Å². The second kappa shape index (κ2) is 7.25. The van der Waals surface area contributed by atoms with Gasteiger partial charge in [-0.25, -0.2) is 0 Å². The number of carbonyl (C=O) groups is 1. The molecule has 2 heterocycles. The van der Waals surface area contributed by atoms with Crippen molar-refractivity contribution in [3.05, 3.63) is 47.7 Å². The molecule has 1 aliphatic heterocycles. The van der Waals surface area contributed by atoms with Gasteiger partial charge in [0.1, 0.15) is 0 Å². The Balaban J connectivity index is 1.59. The summed E-state index contributed by atoms with van der Waals surface area (Å²) < 4.78 is 42.5. The lowest BCUT2D eigenvalue weighted by molar-refractivity contribution is -0.157. The Hall–Kier alpha value is -2.38. The molecule has 25 heavy (non-hydrogen) atoms. The van der Waals surface area contributed by atoms with E-state index in [1.807, 2.05) is 30.3 Å². The van der Waals surface area contributed by atoms with Crippen LogP contribution in [0, 0.1) is 0 Å². The Bertz CT molecular complexity index is 715. The average Bonchev–Trinajstić information content (AvgIpc) is 3.11. The molecule has 0 saturated carbocycles. The third kappa shape index (κ3) is 4.37. The fourth-order valence-corrected chi connectivity index (χ4v) is 2.97. The molecule has 1 aromatic carbocycles. The number of hydrogen-bond donors (Lipinski definition) is 0. The highest BCUT2D eigenvalue weighted by atomic mass is 19.4. The molecule has 0 radical (unpaired) electrons. The lowest BCUT2D eigenvalue weighted by Crippen LogP contribution is -2.39. The highest BCUT2D eigenvalue weighted by Gasteiger charge is 2.39. The number of carbonyl (C=O) groups excluding carboxylic acids is 1. The smallest absolute Gasteiger partial charge is 0.417 e. The molecule has 1 aliphatic rings. The summed E-state index contributed by atoms with van der Waals surface area (Å²) in [5.41, 5.74) is 1.08. The van der Waals surface area contributed by atoms with E-state index in [0.717, 1.165) is 5.56 Å². The number of piperidine rings is 1. The van der Waals surface area contributed by atoms with E-state index in [-0.39, 0.29) is 17.7 Å². The minimum Gasteiger partial charge on any atom is -0.417 e. The van der Waals surface area contributed by atoms with E-state index >= 15 is 0 Å². The summed E-state index contributed by atoms with van der Waals surface area (Å²) >= 11 is 0. The summed E-state index contributed by atoms with van der Waals surface area (Å²) in [6.45, 7) is 0.914. The van der Waals surface area contributed by atoms with E-state index in [9.17, 15) is 18.0 Å². The molecule has 1 fully saturated rings. The summed E-state index contributed by atoms with van der Waals surface area (Å²) in [7, 11) is 0. The van der Waals surface area contributed by atoms with E-state index < -0.39 is 12.1 Å². The molecule has 8 heteroatoms. The van der Waals surface area contributed by atoms with Gasteiger partial charge in [-0.2, -0.15) is 13.2 Å². The average molecular weight is 353 g/mol. The molecule has 0 bridgehead atoms. The third-order valence-electron chi connectivity index (χ3n) is 4.28. The highest BCUT2D eigenvalue weighted by molar-refractivity contribution is 5.76. The molecular formula is C17H18F3N3O2. The number of hydrogen-bond acceptors (Lipinski definition) is 4. The van der Waals surface area contributed by atoms with Crippen LogP contribution < -0.4 is 0 Å². The predicted molar refractivity (Wildman–Crippen MR) is 82.6 cm³/mol. The van der Waals surface area contributed by atoms with E-state index in [0.29, 0.717) is 38.8 Å². The first-order valence-electron chi connectivity index (χ1n) is 8.16. The quantitative estimate of drug-likeness (QED) is 0.845. The third-order valence-corrected chi connectivity index (χ3v) is 4.28. The molecule has 1 unspecified atom stereocenters. The minimum absolute atomic E-state index is 0.0101. The van der Waals surface area contributed by atoms with Crippen molar-refractivity contribution in [1.29, 1.82) is 0 Å². The van der Waals surface area contributed by atoms with Crippen LogP contribution in [0.25, 0.3) is 0 Å². The number of rotatable bonds is 4. The second-order valence-electron chi connectivity index (χ2n) is 6.11. The number of benzene rings is 1. The summed E-state index contributed by atoms with van der Waals surface area (Å²) in [5, 5.41) is 6.58. The van der Waals surface area contributed by atoms with Crippen LogP contribution in [-0.2, 0) is 17.4 Å². The fourth-order valence-electron chi connectivity index (χ4n) is 2.97. The molecule has 0 spiro atoms. The van der Waals surface area contributed by atoms with E-state index in [1.165, 1.54) is 0 Å². The maximum atomic E-state index is 12.6. The first-order chi connectivity index (χ1) is 11.9. The number of amides is 1. The second-order valence-corrected chi connectivity index (χ2v) is 6.11. The first-order valence-corrected chi connectivity index (χ1v) is 8.16. The molecule has 1 saturated heterocycles. The van der Waals surface area contributed by atoms with Crippen LogP contribution in [0.15, 0.2) is 34.7 Å². The van der Waals surface area contributed by atoms with Gasteiger partial charge in [-0.05, 0) is 24.8 Å². The van der Waals surface area contributed by atoms with Crippen LogP contribution in [0.4, 0.5) is 13.2 Å². The zero-order chi connectivity index (χ0) is 17.9. The van der Waals surface area contributed by atoms with Crippen molar-refractivity contribution in [2.24, 2.45) is 0 Å². The van der Waals surface area contributed by atoms with Gasteiger partial charge < -0.3 is 9.32 Å². The van der Waals surface area contributed by atoms with E-state index in [2.05, 4.69) is 10.2 Å². The first kappa shape index (κ1) is 17.4. The lowest BCUT2D eigenvalue weighted by atomic mass is 9.97. The van der Waals surface area contributed by atoms with E-state index in [1.54, 1.807) is 4.90 Å². The number of likely N-dealkylation sites (tertiary alicyclic amines) is 1. The van der Waals surface area contributed by atoms with E-state index in [4.69, 9.17) is 4.42 Å². The van der Waals surface area contributed by atoms with Gasteiger partial charge in [-0.3, -0.25) is 4.79 Å². The molecule has 134 valence electrons. The SMILES string of the molecule is O=C(CCc1ccccc1)N1CCCC(c2nnc(C(F)(F)F)o2)C1. The molecule has 1 amide bonds. The molecule has 3 rings (SSSR count). The maximum absolute atomic E-state index is 12.6. The largest absolute Gasteiger partial charge is 0.470 e. The fraction of sp³-hybridized carbons (Fsp3) is 0.471. The summed E-state index contributed by atoms with van der Waals surface area (Å²) in [5.74, 6) is -1.75. The number of alkyl halides is 3. The van der Waals surface area contributed by atoms with Crippen molar-refractivity contribution in [3.63, 3.8) is 0 Å². The molecule has 2 aromatic rings. The Morgan fingerprint density at radius 2 is 2.00 bits per heavy atom. The Morgan fingerprint density at radius 1 is 1.24 bits per heavy atom. The van der Waals surface area contributed by atoms with Gasteiger partial charge in [0.25, 0.3) is 0 Å². The van der Waals surface area contributed by atoms with Gasteiger partial charge >= 0.3 is 12.1 Å². The molecule has 0 N–H and O–H groups in total. The zero-order valence-electron chi connectivity index (χ0n) is 13.5. The van der Waals surface area contributed by atoms with Gasteiger partial charge in [-0.15, -0.1) is 10.2 Å². The van der Waals surface area contributed by atoms with Crippen molar-refractivity contribution in [2.45, 2.75) is 37.8 Å². The Kier molecular flexibility index (Phi) is 5.06. The standard InChI is InChI=1S/C17H18F3N3O2/c18-17(19,20)16-22-21-15(25-16)13-7-4-10-23(11-13)14(24)9-8-12-5-2-1-3-6-12/h1-3,5-6,13H,4,7-11H2. The molecular weight excluding hydrogens is 335 g/mol. The minimum atomic E-state index is -4.65. The molecule has 1 aromatic heterocycles. The van der Waals surface area contributed by atoms with Crippen LogP contribution in [0.5, 0.6) is 0 Å². The summed E-state index contributed by atoms with van der Waals surface area (Å²) in [6.07, 6.45) is -2.31. The monoisotopic (exact) mass is 353 g/mol. The van der Waals surface area contributed by atoms with Crippen molar-refractivity contribution >= 4 is 5.91 Å². The van der Waals surface area contributed by atoms with Crippen LogP contribution in [0.2, 0.25) is 0 Å². The van der Waals surface area contributed by atoms with Gasteiger partial charge in [0, 0.05) is 19.5 Å². The maximum Gasteiger partial charge on any atom is 0.470 e. The predicted octanol–water partition coefficient (Wildman–Crippen LogP) is 3.43. The topological polar surface area (TPSA) is 59.2 Å². The van der Waals surface area contributed by atoms with Gasteiger partial charge in [0.05, 0.1) is 5.92 Å². The Morgan fingerprint density at radius 3 is 2.68 bits per heavy atom. The van der Waals surface area contributed by atoms with Crippen LogP contribution >= 0.6 is 0 Å². The number of nitrogens with zero attached hydrogens (tertiary/aromatic N) is 3. The highest BCUT2D eigenvalue weighted by Crippen LogP contribution is 2.32. The molecule has 0 aliphatic carbocycles. The Labute approximate surface area is 142 Å². The summed E-state index contributed by atoms with van der Waals surface area (Å²) in [6, 6.07) is 9.68. The normalized spacial score (nSPS) is 18.4. The van der Waals surface area contributed by atoms with Crippen LogP contribution in [-0.4, -0.2) is 34.1 Å². The van der Waals surface area contributed by atoms with Crippen molar-refractivity contribution in [2.75, 3.05) is 13.1 Å². The molecule has 1 atom stereocenters. The summed E-state index contributed by atoms with van der Waals surface area (Å²) in [4.78, 5) is 14.1. The lowest BCUT2D eigenvalue weighted by Gasteiger charge is -2.31. The van der Waals surface area contributed by atoms with Crippen molar-refractivity contribution < 1.29 is 22.4 Å². The number of aromatic nitrogens is 2. The van der Waals surface area contributed by atoms with Gasteiger partial charge in [-0.1, -0.05) is 30.3 Å². The van der Waals surface area contributed by atoms with Crippen molar-refractivity contribution in [3.8, 4) is 0 Å². The van der Waals surface area contributed by atoms with Crippen molar-refractivity contribution in [1.82, 2.24) is 15.1 Å².